The molecule has 4 aromatic carbocycles. The Morgan fingerprint density at radius 3 is 1.91 bits per heavy atom. The molecule has 0 saturated heterocycles. The van der Waals surface area contributed by atoms with Crippen molar-refractivity contribution in [2.24, 2.45) is 0 Å². The largest absolute Gasteiger partial charge is 0.497 e. The summed E-state index contributed by atoms with van der Waals surface area (Å²) in [7, 11) is -1.10. The number of nitrogens with zero attached hydrogens (tertiary/aromatic N) is 2. The summed E-state index contributed by atoms with van der Waals surface area (Å²) in [6.07, 6.45) is 0.332. The van der Waals surface area contributed by atoms with Crippen LogP contribution in [-0.2, 0) is 26.2 Å². The Morgan fingerprint density at radius 1 is 0.791 bits per heavy atom. The maximum absolute atomic E-state index is 14.1. The van der Waals surface area contributed by atoms with E-state index in [0.717, 1.165) is 9.87 Å². The summed E-state index contributed by atoms with van der Waals surface area (Å²) in [4.78, 5) is 28.4. The summed E-state index contributed by atoms with van der Waals surface area (Å²) in [5.74, 6) is 0.915. The number of hydrogen-bond donors (Lipinski definition) is 1. The van der Waals surface area contributed by atoms with Crippen LogP contribution in [0.3, 0.4) is 0 Å². The molecule has 9 nitrogen and oxygen atoms in total. The summed E-state index contributed by atoms with van der Waals surface area (Å²) in [5.41, 5.74) is 1.03. The summed E-state index contributed by atoms with van der Waals surface area (Å²) < 4.78 is 40.1. The molecule has 0 radical (unpaired) electrons. The SMILES string of the molecule is CCC(C(=O)NC)N(Cc1ccc(OC)cc1)C(=O)CN(c1ccc(Oc2ccccc2)cc1)S(=O)(=O)c1ccccc1. The number of hydrogen-bond acceptors (Lipinski definition) is 6. The van der Waals surface area contributed by atoms with Crippen molar-refractivity contribution in [2.45, 2.75) is 30.8 Å². The van der Waals surface area contributed by atoms with Gasteiger partial charge in [0, 0.05) is 13.6 Å². The number of amides is 2. The van der Waals surface area contributed by atoms with Crippen molar-refractivity contribution in [2.75, 3.05) is 25.0 Å². The van der Waals surface area contributed by atoms with E-state index < -0.39 is 28.5 Å². The van der Waals surface area contributed by atoms with E-state index in [-0.39, 0.29) is 23.0 Å². The highest BCUT2D eigenvalue weighted by molar-refractivity contribution is 7.92. The van der Waals surface area contributed by atoms with Gasteiger partial charge >= 0.3 is 0 Å². The van der Waals surface area contributed by atoms with Gasteiger partial charge in [0.15, 0.2) is 0 Å². The van der Waals surface area contributed by atoms with Gasteiger partial charge in [-0.15, -0.1) is 0 Å². The second kappa shape index (κ2) is 14.4. The smallest absolute Gasteiger partial charge is 0.264 e. The lowest BCUT2D eigenvalue weighted by molar-refractivity contribution is -0.140. The normalized spacial score (nSPS) is 11.7. The lowest BCUT2D eigenvalue weighted by Crippen LogP contribution is -2.51. The fraction of sp³-hybridized carbons (Fsp3) is 0.212. The zero-order valence-corrected chi connectivity index (χ0v) is 25.2. The molecule has 4 rings (SSSR count). The number of rotatable bonds is 13. The maximum Gasteiger partial charge on any atom is 0.264 e. The Morgan fingerprint density at radius 2 is 1.35 bits per heavy atom. The molecule has 10 heteroatoms. The molecule has 1 N–H and O–H groups in total. The zero-order valence-electron chi connectivity index (χ0n) is 24.3. The van der Waals surface area contributed by atoms with Crippen molar-refractivity contribution in [3.63, 3.8) is 0 Å². The van der Waals surface area contributed by atoms with E-state index in [2.05, 4.69) is 5.32 Å². The van der Waals surface area contributed by atoms with Crippen molar-refractivity contribution in [3.05, 3.63) is 115 Å². The number of benzene rings is 4. The predicted molar refractivity (Wildman–Crippen MR) is 166 cm³/mol. The first-order valence-corrected chi connectivity index (χ1v) is 15.3. The molecule has 0 saturated carbocycles. The maximum atomic E-state index is 14.1. The fourth-order valence-electron chi connectivity index (χ4n) is 4.57. The first-order chi connectivity index (χ1) is 20.8. The van der Waals surface area contributed by atoms with E-state index in [4.69, 9.17) is 9.47 Å². The summed E-state index contributed by atoms with van der Waals surface area (Å²) in [6, 6.07) is 29.9. The van der Waals surface area contributed by atoms with Crippen molar-refractivity contribution < 1.29 is 27.5 Å². The molecule has 0 aromatic heterocycles. The van der Waals surface area contributed by atoms with Crippen LogP contribution in [0.15, 0.2) is 114 Å². The van der Waals surface area contributed by atoms with E-state index in [0.29, 0.717) is 23.7 Å². The lowest BCUT2D eigenvalue weighted by Gasteiger charge is -2.33. The monoisotopic (exact) mass is 601 g/mol. The van der Waals surface area contributed by atoms with Crippen LogP contribution < -0.4 is 19.1 Å². The molecule has 2 amide bonds. The number of anilines is 1. The quantitative estimate of drug-likeness (QED) is 0.225. The third-order valence-corrected chi connectivity index (χ3v) is 8.65. The summed E-state index contributed by atoms with van der Waals surface area (Å²) in [6.45, 7) is 1.37. The van der Waals surface area contributed by atoms with Gasteiger partial charge in [-0.1, -0.05) is 55.5 Å². The molecular weight excluding hydrogens is 566 g/mol. The number of nitrogens with one attached hydrogen (secondary N) is 1. The summed E-state index contributed by atoms with van der Waals surface area (Å²) in [5, 5.41) is 2.62. The second-order valence-corrected chi connectivity index (χ2v) is 11.5. The average molecular weight is 602 g/mol. The minimum Gasteiger partial charge on any atom is -0.497 e. The van der Waals surface area contributed by atoms with Crippen molar-refractivity contribution in [3.8, 4) is 17.2 Å². The molecule has 0 heterocycles. The number of para-hydroxylation sites is 1. The highest BCUT2D eigenvalue weighted by Gasteiger charge is 2.33. The Balaban J connectivity index is 1.70. The van der Waals surface area contributed by atoms with E-state index in [9.17, 15) is 18.0 Å². The van der Waals surface area contributed by atoms with Gasteiger partial charge in [0.1, 0.15) is 29.8 Å². The highest BCUT2D eigenvalue weighted by Crippen LogP contribution is 2.29. The van der Waals surface area contributed by atoms with Crippen molar-refractivity contribution in [1.29, 1.82) is 0 Å². The number of carbonyl (C=O) groups is 2. The number of sulfonamides is 1. The molecule has 43 heavy (non-hydrogen) atoms. The van der Waals surface area contributed by atoms with Crippen LogP contribution in [0.2, 0.25) is 0 Å². The number of ether oxygens (including phenoxy) is 2. The summed E-state index contributed by atoms with van der Waals surface area (Å²) >= 11 is 0. The Hall–Kier alpha value is -4.83. The van der Waals surface area contributed by atoms with Crippen LogP contribution in [0.5, 0.6) is 17.2 Å². The first kappa shape index (κ1) is 31.1. The van der Waals surface area contributed by atoms with Gasteiger partial charge in [-0.05, 0) is 72.6 Å². The van der Waals surface area contributed by atoms with Gasteiger partial charge in [-0.3, -0.25) is 13.9 Å². The molecule has 1 unspecified atom stereocenters. The number of carbonyl (C=O) groups excluding carboxylic acids is 2. The number of methoxy groups -OCH3 is 1. The minimum atomic E-state index is -4.17. The molecule has 0 bridgehead atoms. The van der Waals surface area contributed by atoms with Gasteiger partial charge in [0.2, 0.25) is 11.8 Å². The lowest BCUT2D eigenvalue weighted by atomic mass is 10.1. The van der Waals surface area contributed by atoms with Gasteiger partial charge in [0.25, 0.3) is 10.0 Å². The van der Waals surface area contributed by atoms with Crippen LogP contribution in [0.4, 0.5) is 5.69 Å². The van der Waals surface area contributed by atoms with E-state index in [1.54, 1.807) is 80.8 Å². The van der Waals surface area contributed by atoms with Gasteiger partial charge in [0.05, 0.1) is 17.7 Å². The standard InChI is InChI=1S/C33H35N3O6S/c1-4-31(33(38)34-2)35(23-25-15-19-27(41-3)20-16-25)32(37)24-36(43(39,40)30-13-9-6-10-14-30)26-17-21-29(22-18-26)42-28-11-7-5-8-12-28/h5-22,31H,4,23-24H2,1-3H3,(H,34,38). The van der Waals surface area contributed by atoms with Crippen molar-refractivity contribution in [1.82, 2.24) is 10.2 Å². The van der Waals surface area contributed by atoms with Gasteiger partial charge in [-0.2, -0.15) is 0 Å². The topological polar surface area (TPSA) is 105 Å². The second-order valence-electron chi connectivity index (χ2n) is 9.64. The molecule has 0 aliphatic rings. The third-order valence-electron chi connectivity index (χ3n) is 6.86. The third kappa shape index (κ3) is 7.72. The predicted octanol–water partition coefficient (Wildman–Crippen LogP) is 5.24. The fourth-order valence-corrected chi connectivity index (χ4v) is 6.00. The van der Waals surface area contributed by atoms with Crippen LogP contribution in [0.25, 0.3) is 0 Å². The minimum absolute atomic E-state index is 0.0347. The highest BCUT2D eigenvalue weighted by atomic mass is 32.2. The average Bonchev–Trinajstić information content (AvgIpc) is 3.04. The molecule has 224 valence electrons. The molecule has 1 atom stereocenters. The van der Waals surface area contributed by atoms with E-state index >= 15 is 0 Å². The zero-order chi connectivity index (χ0) is 30.8. The van der Waals surface area contributed by atoms with Crippen LogP contribution >= 0.6 is 0 Å². The molecule has 0 aliphatic carbocycles. The molecule has 0 fully saturated rings. The molecular formula is C33H35N3O6S. The number of likely N-dealkylation sites (N-methyl/N-ethyl adjacent to an activating group) is 1. The van der Waals surface area contributed by atoms with Crippen molar-refractivity contribution >= 4 is 27.5 Å². The first-order valence-electron chi connectivity index (χ1n) is 13.8. The van der Waals surface area contributed by atoms with Gasteiger partial charge in [-0.25, -0.2) is 8.42 Å². The van der Waals surface area contributed by atoms with Crippen LogP contribution in [0, 0.1) is 0 Å². The van der Waals surface area contributed by atoms with E-state index in [1.165, 1.54) is 24.1 Å². The van der Waals surface area contributed by atoms with E-state index in [1.807, 2.05) is 30.3 Å². The Kier molecular flexibility index (Phi) is 10.4. The Bertz CT molecular complexity index is 1600. The Labute approximate surface area is 252 Å². The molecule has 4 aromatic rings. The van der Waals surface area contributed by atoms with Crippen LogP contribution in [0.1, 0.15) is 18.9 Å². The van der Waals surface area contributed by atoms with Gasteiger partial charge < -0.3 is 19.7 Å². The molecule has 0 aliphatic heterocycles. The molecule has 0 spiro atoms. The van der Waals surface area contributed by atoms with Crippen LogP contribution in [-0.4, -0.2) is 51.9 Å².